The van der Waals surface area contributed by atoms with Gasteiger partial charge in [-0.3, -0.25) is 0 Å². The predicted molar refractivity (Wildman–Crippen MR) is 140 cm³/mol. The molecule has 4 aromatic rings. The maximum absolute atomic E-state index is 4.82. The number of rotatable bonds is 4. The zero-order valence-corrected chi connectivity index (χ0v) is 20.7. The van der Waals surface area contributed by atoms with Gasteiger partial charge in [-0.25, -0.2) is 4.68 Å². The Morgan fingerprint density at radius 2 is 1.97 bits per heavy atom. The molecule has 0 bridgehead atoms. The van der Waals surface area contributed by atoms with Crippen LogP contribution in [0.1, 0.15) is 67.8 Å². The van der Waals surface area contributed by atoms with Crippen molar-refractivity contribution in [2.45, 2.75) is 58.8 Å². The van der Waals surface area contributed by atoms with Crippen LogP contribution in [-0.2, 0) is 6.42 Å². The van der Waals surface area contributed by atoms with Gasteiger partial charge in [-0.05, 0) is 102 Å². The van der Waals surface area contributed by atoms with Crippen molar-refractivity contribution in [2.24, 2.45) is 11.3 Å². The Kier molecular flexibility index (Phi) is 5.06. The minimum atomic E-state index is 0.243. The minimum absolute atomic E-state index is 0.243. The molecule has 2 nitrogen and oxygen atoms in total. The Hall–Kier alpha value is -2.65. The number of hydrogen-bond donors (Lipinski definition) is 0. The Labute approximate surface area is 201 Å². The zero-order chi connectivity index (χ0) is 22.6. The average Bonchev–Trinajstić information content (AvgIpc) is 3.42. The molecule has 2 heterocycles. The van der Waals surface area contributed by atoms with Crippen LogP contribution in [0.5, 0.6) is 0 Å². The summed E-state index contributed by atoms with van der Waals surface area (Å²) < 4.78 is 3.56. The van der Waals surface area contributed by atoms with E-state index in [2.05, 4.69) is 91.6 Å². The molecule has 3 atom stereocenters. The third-order valence-corrected chi connectivity index (χ3v) is 9.33. The van der Waals surface area contributed by atoms with Gasteiger partial charge in [0.15, 0.2) is 0 Å². The number of benzene rings is 2. The summed E-state index contributed by atoms with van der Waals surface area (Å²) in [6, 6.07) is 17.6. The number of fused-ring (bicyclic) bond motifs is 3. The van der Waals surface area contributed by atoms with Crippen LogP contribution in [0.15, 0.2) is 65.7 Å². The lowest BCUT2D eigenvalue weighted by atomic mass is 9.58. The van der Waals surface area contributed by atoms with Gasteiger partial charge in [0.05, 0.1) is 17.6 Å². The van der Waals surface area contributed by atoms with E-state index in [9.17, 15) is 0 Å². The smallest absolute Gasteiger partial charge is 0.0700 e. The fraction of sp³-hybridized carbons (Fsp3) is 0.367. The molecular formula is C30H32N2S. The Morgan fingerprint density at radius 1 is 1.15 bits per heavy atom. The molecule has 2 aromatic carbocycles. The van der Waals surface area contributed by atoms with Gasteiger partial charge in [-0.15, -0.1) is 11.3 Å². The first-order valence-electron chi connectivity index (χ1n) is 12.3. The first kappa shape index (κ1) is 20.9. The van der Waals surface area contributed by atoms with E-state index in [4.69, 9.17) is 5.10 Å². The maximum atomic E-state index is 4.82. The number of nitrogens with zero attached hydrogens (tertiary/aromatic N) is 2. The van der Waals surface area contributed by atoms with Crippen molar-refractivity contribution in [1.82, 2.24) is 9.78 Å². The maximum Gasteiger partial charge on any atom is 0.0700 e. The lowest BCUT2D eigenvalue weighted by Gasteiger charge is -2.47. The highest BCUT2D eigenvalue weighted by Gasteiger charge is 2.43. The van der Waals surface area contributed by atoms with Crippen molar-refractivity contribution in [3.8, 4) is 5.69 Å². The zero-order valence-electron chi connectivity index (χ0n) is 19.8. The highest BCUT2D eigenvalue weighted by molar-refractivity contribution is 7.17. The number of aromatic nitrogens is 2. The Balaban J connectivity index is 1.31. The summed E-state index contributed by atoms with van der Waals surface area (Å²) in [5, 5.41) is 8.68. The minimum Gasteiger partial charge on any atom is -0.233 e. The molecule has 1 saturated carbocycles. The van der Waals surface area contributed by atoms with Crippen LogP contribution in [0.25, 0.3) is 21.8 Å². The van der Waals surface area contributed by atoms with Crippen molar-refractivity contribution >= 4 is 27.5 Å². The van der Waals surface area contributed by atoms with Crippen LogP contribution in [0, 0.1) is 18.3 Å². The summed E-state index contributed by atoms with van der Waals surface area (Å²) in [6.45, 7) is 7.12. The van der Waals surface area contributed by atoms with Gasteiger partial charge in [-0.2, -0.15) is 5.10 Å². The molecule has 168 valence electrons. The second-order valence-corrected chi connectivity index (χ2v) is 11.4. The van der Waals surface area contributed by atoms with Crippen molar-refractivity contribution in [3.63, 3.8) is 0 Å². The molecule has 0 amide bonds. The van der Waals surface area contributed by atoms with Gasteiger partial charge in [0.1, 0.15) is 0 Å². The molecule has 2 aromatic heterocycles. The quantitative estimate of drug-likeness (QED) is 0.304. The van der Waals surface area contributed by atoms with Crippen molar-refractivity contribution in [2.75, 3.05) is 0 Å². The molecule has 0 aliphatic heterocycles. The number of allylic oxidation sites excluding steroid dienone is 1. The van der Waals surface area contributed by atoms with Crippen molar-refractivity contribution in [3.05, 3.63) is 88.1 Å². The first-order valence-corrected chi connectivity index (χ1v) is 13.2. The molecule has 0 radical (unpaired) electrons. The topological polar surface area (TPSA) is 17.8 Å². The number of aryl methyl sites for hydroxylation is 1. The van der Waals surface area contributed by atoms with Gasteiger partial charge in [0.2, 0.25) is 0 Å². The first-order chi connectivity index (χ1) is 16.0. The molecular weight excluding hydrogens is 420 g/mol. The van der Waals surface area contributed by atoms with E-state index in [0.717, 1.165) is 12.1 Å². The monoisotopic (exact) mass is 452 g/mol. The lowest BCUT2D eigenvalue weighted by Crippen LogP contribution is -2.37. The molecule has 3 heteroatoms. The highest BCUT2D eigenvalue weighted by atomic mass is 32.1. The molecule has 2 aliphatic rings. The molecule has 0 N–H and O–H groups in total. The third-order valence-electron chi connectivity index (χ3n) is 8.35. The van der Waals surface area contributed by atoms with Crippen LogP contribution in [-0.4, -0.2) is 9.78 Å². The molecule has 2 aliphatic carbocycles. The van der Waals surface area contributed by atoms with Crippen LogP contribution < -0.4 is 0 Å². The molecule has 6 rings (SSSR count). The van der Waals surface area contributed by atoms with Gasteiger partial charge >= 0.3 is 0 Å². The summed E-state index contributed by atoms with van der Waals surface area (Å²) in [5.74, 6) is 1.29. The van der Waals surface area contributed by atoms with Crippen LogP contribution in [0.2, 0.25) is 0 Å². The van der Waals surface area contributed by atoms with E-state index in [1.54, 1.807) is 11.1 Å². The second kappa shape index (κ2) is 7.99. The van der Waals surface area contributed by atoms with E-state index >= 15 is 0 Å². The van der Waals surface area contributed by atoms with Gasteiger partial charge in [0, 0.05) is 4.70 Å². The van der Waals surface area contributed by atoms with E-state index in [1.165, 1.54) is 52.6 Å². The summed E-state index contributed by atoms with van der Waals surface area (Å²) in [7, 11) is 0. The lowest BCUT2D eigenvalue weighted by molar-refractivity contribution is 0.162. The van der Waals surface area contributed by atoms with Crippen LogP contribution in [0.3, 0.4) is 0 Å². The molecule has 0 saturated heterocycles. The molecule has 0 spiro atoms. The van der Waals surface area contributed by atoms with E-state index in [0.29, 0.717) is 11.8 Å². The summed E-state index contributed by atoms with van der Waals surface area (Å²) >= 11 is 1.90. The van der Waals surface area contributed by atoms with Crippen molar-refractivity contribution in [1.29, 1.82) is 0 Å². The van der Waals surface area contributed by atoms with Crippen LogP contribution in [0.4, 0.5) is 0 Å². The number of hydrogen-bond acceptors (Lipinski definition) is 2. The van der Waals surface area contributed by atoms with E-state index < -0.39 is 0 Å². The molecule has 1 fully saturated rings. The normalized spacial score (nSPS) is 23.1. The fourth-order valence-electron chi connectivity index (χ4n) is 6.35. The predicted octanol–water partition coefficient (Wildman–Crippen LogP) is 8.34. The van der Waals surface area contributed by atoms with Gasteiger partial charge in [-0.1, -0.05) is 55.3 Å². The third kappa shape index (κ3) is 3.49. The average molecular weight is 453 g/mol. The van der Waals surface area contributed by atoms with E-state index in [1.807, 2.05) is 11.3 Å². The van der Waals surface area contributed by atoms with Crippen LogP contribution >= 0.6 is 11.3 Å². The summed E-state index contributed by atoms with van der Waals surface area (Å²) in [6.07, 6.45) is 10.8. The molecule has 33 heavy (non-hydrogen) atoms. The number of thiophene rings is 1. The van der Waals surface area contributed by atoms with Gasteiger partial charge < -0.3 is 0 Å². The van der Waals surface area contributed by atoms with Crippen molar-refractivity contribution < 1.29 is 0 Å². The summed E-state index contributed by atoms with van der Waals surface area (Å²) in [4.78, 5) is 0. The molecule has 0 unspecified atom stereocenters. The Morgan fingerprint density at radius 3 is 2.82 bits per heavy atom. The highest BCUT2D eigenvalue weighted by Crippen LogP contribution is 2.54. The standard InChI is InChI=1S/C30H32N2S/c1-20-11-13-25(14-12-20)32-28-16-24-8-6-7-23(30(24,3)17-22(28)18-31-32)15-21(2)27-19-33-29-10-5-4-9-26(27)29/h4-5,9-14,16,18-19,21,23H,6-8,15,17H2,1-3H3/t21-,23-,30-/m1/s1. The fourth-order valence-corrected chi connectivity index (χ4v) is 7.43. The second-order valence-electron chi connectivity index (χ2n) is 10.5. The SMILES string of the molecule is Cc1ccc(-n2ncc3c2C=C2CCC[C@H](C[C@@H](C)c4csc5ccccc45)[C@@]2(C)C3)cc1. The van der Waals surface area contributed by atoms with Gasteiger partial charge in [0.25, 0.3) is 0 Å². The van der Waals surface area contributed by atoms with E-state index in [-0.39, 0.29) is 5.41 Å². The Bertz CT molecular complexity index is 1340. The summed E-state index contributed by atoms with van der Waals surface area (Å²) in [5.41, 5.74) is 8.57. The largest absolute Gasteiger partial charge is 0.233 e.